The van der Waals surface area contributed by atoms with Gasteiger partial charge in [0.05, 0.1) is 23.4 Å². The van der Waals surface area contributed by atoms with Crippen LogP contribution in [0.3, 0.4) is 0 Å². The first-order valence-corrected chi connectivity index (χ1v) is 10.9. The fourth-order valence-electron chi connectivity index (χ4n) is 2.91. The fraction of sp³-hybridized carbons (Fsp3) is 0.263. The molecule has 0 amide bonds. The number of fused-ring (bicyclic) bond motifs is 1. The Morgan fingerprint density at radius 1 is 1.17 bits per heavy atom. The molecular weight excluding hydrogens is 448 g/mol. The average molecular weight is 463 g/mol. The summed E-state index contributed by atoms with van der Waals surface area (Å²) in [7, 11) is -3.41. The summed E-state index contributed by atoms with van der Waals surface area (Å²) in [5, 5.41) is 4.27. The van der Waals surface area contributed by atoms with E-state index in [-0.39, 0.29) is 34.0 Å². The van der Waals surface area contributed by atoms with Gasteiger partial charge in [-0.15, -0.1) is 0 Å². The van der Waals surface area contributed by atoms with Gasteiger partial charge in [0.25, 0.3) is 0 Å². The van der Waals surface area contributed by atoms with E-state index in [2.05, 4.69) is 5.10 Å². The number of benzene rings is 2. The standard InChI is InChI=1S/C19H15ClF4N2O3S/c1-2-30(28,29)9-8-26-15-10-11(20)6-7-12(15)18(27)17(25-26)13-4-3-5-14(16(13)21)19(22,23)24/h3-7,10H,2,8-9H2,1H3. The summed E-state index contributed by atoms with van der Waals surface area (Å²) in [5.74, 6) is -2.08. The van der Waals surface area contributed by atoms with Crippen LogP contribution in [0.2, 0.25) is 5.02 Å². The molecule has 0 N–H and O–H groups in total. The van der Waals surface area contributed by atoms with Crippen LogP contribution in [-0.4, -0.2) is 29.7 Å². The van der Waals surface area contributed by atoms with Crippen LogP contribution in [-0.2, 0) is 22.6 Å². The van der Waals surface area contributed by atoms with Crippen LogP contribution in [0.4, 0.5) is 17.6 Å². The predicted molar refractivity (Wildman–Crippen MR) is 106 cm³/mol. The monoisotopic (exact) mass is 462 g/mol. The molecule has 3 aromatic rings. The Morgan fingerprint density at radius 2 is 1.87 bits per heavy atom. The number of hydrogen-bond acceptors (Lipinski definition) is 4. The first kappa shape index (κ1) is 22.2. The lowest BCUT2D eigenvalue weighted by molar-refractivity contribution is -0.139. The van der Waals surface area contributed by atoms with Gasteiger partial charge >= 0.3 is 6.18 Å². The van der Waals surface area contributed by atoms with E-state index in [1.54, 1.807) is 0 Å². The summed E-state index contributed by atoms with van der Waals surface area (Å²) in [6.45, 7) is 1.27. The number of alkyl halides is 3. The van der Waals surface area contributed by atoms with Crippen molar-refractivity contribution >= 4 is 32.3 Å². The van der Waals surface area contributed by atoms with Crippen molar-refractivity contribution in [2.24, 2.45) is 0 Å². The number of aromatic nitrogens is 2. The zero-order valence-electron chi connectivity index (χ0n) is 15.5. The smallest absolute Gasteiger partial charge is 0.287 e. The first-order chi connectivity index (χ1) is 13.9. The molecule has 0 atom stereocenters. The van der Waals surface area contributed by atoms with E-state index in [4.69, 9.17) is 11.6 Å². The van der Waals surface area contributed by atoms with Crippen molar-refractivity contribution in [2.75, 3.05) is 11.5 Å². The third kappa shape index (κ3) is 4.34. The normalized spacial score (nSPS) is 12.5. The van der Waals surface area contributed by atoms with Gasteiger partial charge in [0.1, 0.15) is 11.5 Å². The van der Waals surface area contributed by atoms with E-state index in [1.165, 1.54) is 25.1 Å². The molecule has 5 nitrogen and oxygen atoms in total. The number of hydrogen-bond donors (Lipinski definition) is 0. The molecule has 0 aliphatic heterocycles. The third-order valence-corrected chi connectivity index (χ3v) is 6.45. The minimum Gasteiger partial charge on any atom is -0.287 e. The van der Waals surface area contributed by atoms with E-state index in [0.29, 0.717) is 6.07 Å². The molecular formula is C19H15ClF4N2O3S. The maximum Gasteiger partial charge on any atom is 0.419 e. The van der Waals surface area contributed by atoms with Crippen LogP contribution in [0, 0.1) is 5.82 Å². The molecule has 0 saturated carbocycles. The van der Waals surface area contributed by atoms with E-state index in [9.17, 15) is 30.8 Å². The highest BCUT2D eigenvalue weighted by atomic mass is 35.5. The molecule has 30 heavy (non-hydrogen) atoms. The second-order valence-corrected chi connectivity index (χ2v) is 9.37. The highest BCUT2D eigenvalue weighted by molar-refractivity contribution is 7.91. The largest absolute Gasteiger partial charge is 0.419 e. The summed E-state index contributed by atoms with van der Waals surface area (Å²) in [6.07, 6.45) is -4.96. The number of aryl methyl sites for hydroxylation is 1. The Balaban J connectivity index is 2.28. The van der Waals surface area contributed by atoms with Crippen LogP contribution in [0.25, 0.3) is 22.2 Å². The second kappa shape index (κ2) is 7.99. The summed E-state index contributed by atoms with van der Waals surface area (Å²) in [5.41, 5.74) is -3.32. The van der Waals surface area contributed by atoms with Crippen molar-refractivity contribution in [3.8, 4) is 11.3 Å². The van der Waals surface area contributed by atoms with E-state index < -0.39 is 44.1 Å². The SMILES string of the molecule is CCS(=O)(=O)CCn1nc(-c2cccc(C(F)(F)F)c2F)c(=O)c2ccc(Cl)cc21. The van der Waals surface area contributed by atoms with Crippen LogP contribution in [0.1, 0.15) is 12.5 Å². The molecule has 0 radical (unpaired) electrons. The van der Waals surface area contributed by atoms with Gasteiger partial charge in [-0.25, -0.2) is 12.8 Å². The Bertz CT molecular complexity index is 1290. The number of halogens is 5. The molecule has 0 aliphatic rings. The molecule has 2 aromatic carbocycles. The van der Waals surface area contributed by atoms with E-state index in [1.807, 2.05) is 0 Å². The lowest BCUT2D eigenvalue weighted by atomic mass is 10.0. The van der Waals surface area contributed by atoms with Gasteiger partial charge in [0.2, 0.25) is 5.43 Å². The summed E-state index contributed by atoms with van der Waals surface area (Å²) in [6, 6.07) is 6.66. The van der Waals surface area contributed by atoms with Gasteiger partial charge in [-0.05, 0) is 30.3 Å². The lowest BCUT2D eigenvalue weighted by Gasteiger charge is -2.14. The zero-order chi connectivity index (χ0) is 22.3. The van der Waals surface area contributed by atoms with Crippen molar-refractivity contribution in [3.05, 3.63) is 63.0 Å². The van der Waals surface area contributed by atoms with Crippen molar-refractivity contribution in [3.63, 3.8) is 0 Å². The molecule has 0 aliphatic carbocycles. The maximum atomic E-state index is 14.6. The van der Waals surface area contributed by atoms with E-state index >= 15 is 0 Å². The summed E-state index contributed by atoms with van der Waals surface area (Å²) >= 11 is 5.97. The van der Waals surface area contributed by atoms with E-state index in [0.717, 1.165) is 16.8 Å². The van der Waals surface area contributed by atoms with Gasteiger partial charge in [0, 0.05) is 21.7 Å². The first-order valence-electron chi connectivity index (χ1n) is 8.71. The molecule has 3 rings (SSSR count). The molecule has 0 unspecified atom stereocenters. The Morgan fingerprint density at radius 3 is 2.50 bits per heavy atom. The van der Waals surface area contributed by atoms with Gasteiger partial charge in [0.15, 0.2) is 9.84 Å². The van der Waals surface area contributed by atoms with Crippen LogP contribution >= 0.6 is 11.6 Å². The van der Waals surface area contributed by atoms with Crippen molar-refractivity contribution in [1.29, 1.82) is 0 Å². The molecule has 0 bridgehead atoms. The minimum absolute atomic E-state index is 0.0232. The molecule has 160 valence electrons. The van der Waals surface area contributed by atoms with Crippen LogP contribution < -0.4 is 5.43 Å². The minimum atomic E-state index is -4.96. The van der Waals surface area contributed by atoms with Gasteiger partial charge in [-0.3, -0.25) is 9.48 Å². The summed E-state index contributed by atoms with van der Waals surface area (Å²) < 4.78 is 78.8. The van der Waals surface area contributed by atoms with Gasteiger partial charge in [-0.2, -0.15) is 18.3 Å². The number of sulfone groups is 1. The zero-order valence-corrected chi connectivity index (χ0v) is 17.1. The maximum absolute atomic E-state index is 14.6. The number of rotatable bonds is 5. The Hall–Kier alpha value is -2.46. The van der Waals surface area contributed by atoms with Crippen LogP contribution in [0.15, 0.2) is 41.2 Å². The predicted octanol–water partition coefficient (Wildman–Crippen LogP) is 4.31. The molecule has 0 fully saturated rings. The average Bonchev–Trinajstić information content (AvgIpc) is 2.67. The second-order valence-electron chi connectivity index (χ2n) is 6.46. The van der Waals surface area contributed by atoms with Gasteiger partial charge in [-0.1, -0.05) is 24.6 Å². The highest BCUT2D eigenvalue weighted by Crippen LogP contribution is 2.34. The van der Waals surface area contributed by atoms with Crippen molar-refractivity contribution in [2.45, 2.75) is 19.6 Å². The molecule has 0 saturated heterocycles. The van der Waals surface area contributed by atoms with Gasteiger partial charge < -0.3 is 0 Å². The molecule has 1 aromatic heterocycles. The Kier molecular flexibility index (Phi) is 5.92. The highest BCUT2D eigenvalue weighted by Gasteiger charge is 2.35. The van der Waals surface area contributed by atoms with Crippen LogP contribution in [0.5, 0.6) is 0 Å². The lowest BCUT2D eigenvalue weighted by Crippen LogP contribution is -2.22. The quantitative estimate of drug-likeness (QED) is 0.530. The summed E-state index contributed by atoms with van der Waals surface area (Å²) in [4.78, 5) is 12.9. The number of nitrogens with zero attached hydrogens (tertiary/aromatic N) is 2. The van der Waals surface area contributed by atoms with Crippen molar-refractivity contribution < 1.29 is 26.0 Å². The third-order valence-electron chi connectivity index (χ3n) is 4.53. The van der Waals surface area contributed by atoms with Crippen molar-refractivity contribution in [1.82, 2.24) is 9.78 Å². The molecule has 1 heterocycles. The molecule has 11 heteroatoms. The topological polar surface area (TPSA) is 69.0 Å². The fourth-order valence-corrected chi connectivity index (χ4v) is 3.81. The Labute approximate surface area is 173 Å². The molecule has 0 spiro atoms.